The zero-order valence-electron chi connectivity index (χ0n) is 10.6. The predicted molar refractivity (Wildman–Crippen MR) is 62.8 cm³/mol. The van der Waals surface area contributed by atoms with Gasteiger partial charge in [0.2, 0.25) is 0 Å². The van der Waals surface area contributed by atoms with E-state index in [1.807, 2.05) is 0 Å². The summed E-state index contributed by atoms with van der Waals surface area (Å²) < 4.78 is 9.82. The van der Waals surface area contributed by atoms with Gasteiger partial charge in [-0.1, -0.05) is 19.3 Å². The van der Waals surface area contributed by atoms with Crippen molar-refractivity contribution in [1.82, 2.24) is 4.90 Å². The van der Waals surface area contributed by atoms with Crippen molar-refractivity contribution in [2.75, 3.05) is 13.2 Å². The number of rotatable bonds is 3. The van der Waals surface area contributed by atoms with Crippen LogP contribution in [-0.2, 0) is 9.47 Å². The lowest BCUT2D eigenvalue weighted by molar-refractivity contribution is 0.0602. The topological polar surface area (TPSA) is 55.8 Å². The van der Waals surface area contributed by atoms with E-state index < -0.39 is 12.2 Å². The molecule has 1 saturated carbocycles. The Morgan fingerprint density at radius 1 is 1.00 bits per heavy atom. The van der Waals surface area contributed by atoms with Crippen LogP contribution in [0.25, 0.3) is 0 Å². The van der Waals surface area contributed by atoms with Crippen molar-refractivity contribution >= 4 is 12.2 Å². The Balaban J connectivity index is 2.69. The first-order valence-corrected chi connectivity index (χ1v) is 6.33. The average molecular weight is 243 g/mol. The van der Waals surface area contributed by atoms with Gasteiger partial charge >= 0.3 is 12.2 Å². The smallest absolute Gasteiger partial charge is 0.419 e. The molecule has 0 heterocycles. The minimum Gasteiger partial charge on any atom is -0.449 e. The second-order valence-corrected chi connectivity index (χ2v) is 4.06. The molecule has 0 unspecified atom stereocenters. The summed E-state index contributed by atoms with van der Waals surface area (Å²) in [5.41, 5.74) is 0. The second kappa shape index (κ2) is 7.14. The highest BCUT2D eigenvalue weighted by Gasteiger charge is 2.32. The molecule has 1 aliphatic rings. The molecule has 17 heavy (non-hydrogen) atoms. The Kier molecular flexibility index (Phi) is 5.80. The van der Waals surface area contributed by atoms with Crippen molar-refractivity contribution < 1.29 is 19.1 Å². The highest BCUT2D eigenvalue weighted by molar-refractivity contribution is 5.88. The van der Waals surface area contributed by atoms with Crippen LogP contribution >= 0.6 is 0 Å². The molecule has 0 atom stereocenters. The first-order valence-electron chi connectivity index (χ1n) is 6.33. The quantitative estimate of drug-likeness (QED) is 0.764. The number of amides is 2. The maximum absolute atomic E-state index is 11.8. The van der Waals surface area contributed by atoms with Crippen LogP contribution in [0.15, 0.2) is 0 Å². The van der Waals surface area contributed by atoms with Gasteiger partial charge in [0.1, 0.15) is 0 Å². The Morgan fingerprint density at radius 2 is 1.47 bits per heavy atom. The van der Waals surface area contributed by atoms with Crippen LogP contribution in [-0.4, -0.2) is 36.3 Å². The lowest BCUT2D eigenvalue weighted by Crippen LogP contribution is -2.46. The van der Waals surface area contributed by atoms with Crippen LogP contribution in [0.4, 0.5) is 9.59 Å². The third-order valence-corrected chi connectivity index (χ3v) is 2.87. The number of hydrogen-bond donors (Lipinski definition) is 0. The van der Waals surface area contributed by atoms with Crippen molar-refractivity contribution in [3.05, 3.63) is 0 Å². The summed E-state index contributed by atoms with van der Waals surface area (Å²) in [7, 11) is 0. The largest absolute Gasteiger partial charge is 0.449 e. The van der Waals surface area contributed by atoms with Crippen molar-refractivity contribution in [3.8, 4) is 0 Å². The van der Waals surface area contributed by atoms with E-state index in [1.165, 1.54) is 0 Å². The zero-order chi connectivity index (χ0) is 12.7. The molecule has 98 valence electrons. The van der Waals surface area contributed by atoms with Gasteiger partial charge in [-0.05, 0) is 26.7 Å². The van der Waals surface area contributed by atoms with Crippen molar-refractivity contribution in [3.63, 3.8) is 0 Å². The van der Waals surface area contributed by atoms with Crippen LogP contribution in [0.3, 0.4) is 0 Å². The molecule has 0 aromatic heterocycles. The minimum absolute atomic E-state index is 0.0677. The first-order chi connectivity index (χ1) is 8.20. The maximum Gasteiger partial charge on any atom is 0.419 e. The van der Waals surface area contributed by atoms with E-state index >= 15 is 0 Å². The normalized spacial score (nSPS) is 16.4. The van der Waals surface area contributed by atoms with E-state index in [-0.39, 0.29) is 19.3 Å². The van der Waals surface area contributed by atoms with Crippen molar-refractivity contribution in [1.29, 1.82) is 0 Å². The summed E-state index contributed by atoms with van der Waals surface area (Å²) in [6.07, 6.45) is 3.77. The van der Waals surface area contributed by atoms with E-state index in [2.05, 4.69) is 0 Å². The molecule has 0 aromatic rings. The molecule has 1 rings (SSSR count). The number of carbonyl (C=O) groups excluding carboxylic acids is 2. The summed E-state index contributed by atoms with van der Waals surface area (Å²) >= 11 is 0. The Bertz CT molecular complexity index is 243. The summed E-state index contributed by atoms with van der Waals surface area (Å²) in [6, 6.07) is -0.0677. The Morgan fingerprint density at radius 3 is 1.88 bits per heavy atom. The van der Waals surface area contributed by atoms with Gasteiger partial charge in [-0.3, -0.25) is 0 Å². The molecule has 0 aliphatic heterocycles. The molecule has 5 heteroatoms. The van der Waals surface area contributed by atoms with E-state index in [4.69, 9.17) is 9.47 Å². The molecule has 0 N–H and O–H groups in total. The number of carbonyl (C=O) groups is 2. The molecule has 0 bridgehead atoms. The summed E-state index contributed by atoms with van der Waals surface area (Å²) in [5, 5.41) is 0. The van der Waals surface area contributed by atoms with Gasteiger partial charge in [-0.2, -0.15) is 0 Å². The number of imide groups is 1. The molecular weight excluding hydrogens is 222 g/mol. The van der Waals surface area contributed by atoms with Gasteiger partial charge in [0.15, 0.2) is 0 Å². The van der Waals surface area contributed by atoms with E-state index in [0.29, 0.717) is 0 Å². The van der Waals surface area contributed by atoms with Crippen molar-refractivity contribution in [2.45, 2.75) is 52.0 Å². The van der Waals surface area contributed by atoms with Gasteiger partial charge in [-0.15, -0.1) is 0 Å². The molecule has 1 aliphatic carbocycles. The standard InChI is InChI=1S/C12H21NO4/c1-3-16-11(14)13(12(15)17-4-2)10-8-6-5-7-9-10/h10H,3-9H2,1-2H3. The SMILES string of the molecule is CCOC(=O)N(C(=O)OCC)C1CCCCC1. The second-order valence-electron chi connectivity index (χ2n) is 4.06. The molecule has 0 saturated heterocycles. The highest BCUT2D eigenvalue weighted by atomic mass is 16.6. The third kappa shape index (κ3) is 3.91. The molecule has 0 spiro atoms. The van der Waals surface area contributed by atoms with Crippen LogP contribution < -0.4 is 0 Å². The van der Waals surface area contributed by atoms with Crippen LogP contribution in [0, 0.1) is 0 Å². The molecular formula is C12H21NO4. The van der Waals surface area contributed by atoms with Gasteiger partial charge in [-0.25, -0.2) is 14.5 Å². The first kappa shape index (κ1) is 13.8. The fraction of sp³-hybridized carbons (Fsp3) is 0.833. The summed E-state index contributed by atoms with van der Waals surface area (Å²) in [5.74, 6) is 0. The van der Waals surface area contributed by atoms with E-state index in [1.54, 1.807) is 13.8 Å². The van der Waals surface area contributed by atoms with Gasteiger partial charge < -0.3 is 9.47 Å². The molecule has 0 aromatic carbocycles. The third-order valence-electron chi connectivity index (χ3n) is 2.87. The number of hydrogen-bond acceptors (Lipinski definition) is 4. The van der Waals surface area contributed by atoms with E-state index in [9.17, 15) is 9.59 Å². The maximum atomic E-state index is 11.8. The minimum atomic E-state index is -0.585. The van der Waals surface area contributed by atoms with Crippen molar-refractivity contribution in [2.24, 2.45) is 0 Å². The molecule has 2 amide bonds. The fourth-order valence-electron chi connectivity index (χ4n) is 2.10. The highest BCUT2D eigenvalue weighted by Crippen LogP contribution is 2.23. The lowest BCUT2D eigenvalue weighted by atomic mass is 9.95. The van der Waals surface area contributed by atoms with Crippen LogP contribution in [0.5, 0.6) is 0 Å². The van der Waals surface area contributed by atoms with Crippen LogP contribution in [0.2, 0.25) is 0 Å². The zero-order valence-corrected chi connectivity index (χ0v) is 10.6. The molecule has 1 fully saturated rings. The predicted octanol–water partition coefficient (Wildman–Crippen LogP) is 2.93. The Hall–Kier alpha value is -1.26. The monoisotopic (exact) mass is 243 g/mol. The molecule has 0 radical (unpaired) electrons. The van der Waals surface area contributed by atoms with Gasteiger partial charge in [0.05, 0.1) is 13.2 Å². The Labute approximate surface area is 102 Å². The fourth-order valence-corrected chi connectivity index (χ4v) is 2.10. The average Bonchev–Trinajstić information content (AvgIpc) is 2.31. The van der Waals surface area contributed by atoms with Crippen LogP contribution in [0.1, 0.15) is 46.0 Å². The summed E-state index contributed by atoms with van der Waals surface area (Å²) in [6.45, 7) is 3.98. The van der Waals surface area contributed by atoms with Gasteiger partial charge in [0, 0.05) is 6.04 Å². The number of ether oxygens (including phenoxy) is 2. The molecule has 5 nitrogen and oxygen atoms in total. The lowest BCUT2D eigenvalue weighted by Gasteiger charge is -2.30. The van der Waals surface area contributed by atoms with Gasteiger partial charge in [0.25, 0.3) is 0 Å². The van der Waals surface area contributed by atoms with E-state index in [0.717, 1.165) is 37.0 Å². The summed E-state index contributed by atoms with van der Waals surface area (Å²) in [4.78, 5) is 24.7. The number of nitrogens with zero attached hydrogens (tertiary/aromatic N) is 1.